The number of carbonyl (C=O) groups excluding carboxylic acids is 1. The number of fused-ring (bicyclic) bond motifs is 1. The molecule has 1 saturated carbocycles. The number of aliphatic carboxylic acids is 1. The summed E-state index contributed by atoms with van der Waals surface area (Å²) < 4.78 is 58.7. The molecule has 196 valence electrons. The molecule has 0 spiro atoms. The second-order valence-corrected chi connectivity index (χ2v) is 9.60. The molecule has 4 rings (SSSR count). The Kier molecular flexibility index (Phi) is 7.71. The zero-order chi connectivity index (χ0) is 26.7. The molecule has 5 nitrogen and oxygen atoms in total. The molecule has 37 heavy (non-hydrogen) atoms. The number of carbonyl (C=O) groups is 2. The molecular formula is C28H27F4NO4. The number of ether oxygens (including phenoxy) is 1. The van der Waals surface area contributed by atoms with Crippen molar-refractivity contribution >= 4 is 22.6 Å². The van der Waals surface area contributed by atoms with Crippen molar-refractivity contribution in [3.63, 3.8) is 0 Å². The van der Waals surface area contributed by atoms with Gasteiger partial charge in [-0.2, -0.15) is 13.2 Å². The van der Waals surface area contributed by atoms with Gasteiger partial charge < -0.3 is 15.2 Å². The molecule has 0 heterocycles. The van der Waals surface area contributed by atoms with Crippen LogP contribution in [-0.2, 0) is 17.6 Å². The average molecular weight is 518 g/mol. The van der Waals surface area contributed by atoms with Gasteiger partial charge in [0.15, 0.2) is 0 Å². The summed E-state index contributed by atoms with van der Waals surface area (Å²) in [5, 5.41) is 13.3. The highest BCUT2D eigenvalue weighted by atomic mass is 19.4. The standard InChI is InChI=1S/C28H27F4NO4/c1-16-2-6-19(7-3-16)24(27(35)36)33-26(34)22-13-9-18-8-12-21(29)14-23(18)25(22)37-15-17-4-10-20(11-5-17)28(30,31)32/h4-5,8-14,16,19,24H,2-3,6-7,15H2,1H3,(H,33,34)(H,35,36). The summed E-state index contributed by atoms with van der Waals surface area (Å²) in [6.07, 6.45) is -1.37. The number of nitrogens with one attached hydrogen (secondary N) is 1. The molecule has 1 atom stereocenters. The first kappa shape index (κ1) is 26.4. The molecule has 1 aliphatic carbocycles. The number of carboxylic acids is 1. The minimum Gasteiger partial charge on any atom is -0.487 e. The Hall–Kier alpha value is -3.62. The molecule has 1 aliphatic rings. The van der Waals surface area contributed by atoms with Gasteiger partial charge in [0.1, 0.15) is 24.2 Å². The molecule has 1 amide bonds. The molecule has 9 heteroatoms. The SMILES string of the molecule is CC1CCC(C(NC(=O)c2ccc3ccc(F)cc3c2OCc2ccc(C(F)(F)F)cc2)C(=O)O)CC1. The van der Waals surface area contributed by atoms with E-state index in [-0.39, 0.29) is 29.2 Å². The summed E-state index contributed by atoms with van der Waals surface area (Å²) in [4.78, 5) is 25.3. The van der Waals surface area contributed by atoms with Crippen molar-refractivity contribution in [2.24, 2.45) is 11.8 Å². The number of rotatable bonds is 7. The number of alkyl halides is 3. The van der Waals surface area contributed by atoms with Gasteiger partial charge in [0, 0.05) is 5.39 Å². The van der Waals surface area contributed by atoms with Gasteiger partial charge in [-0.15, -0.1) is 0 Å². The highest BCUT2D eigenvalue weighted by Crippen LogP contribution is 2.34. The monoisotopic (exact) mass is 517 g/mol. The predicted molar refractivity (Wildman–Crippen MR) is 130 cm³/mol. The van der Waals surface area contributed by atoms with Gasteiger partial charge in [-0.05, 0) is 66.0 Å². The van der Waals surface area contributed by atoms with Crippen molar-refractivity contribution in [2.75, 3.05) is 0 Å². The maximum absolute atomic E-state index is 14.1. The van der Waals surface area contributed by atoms with Crippen molar-refractivity contribution < 1.29 is 37.0 Å². The molecule has 3 aromatic rings. The van der Waals surface area contributed by atoms with E-state index in [0.29, 0.717) is 29.7 Å². The first-order valence-corrected chi connectivity index (χ1v) is 12.1. The van der Waals surface area contributed by atoms with Crippen molar-refractivity contribution in [3.05, 3.63) is 77.1 Å². The highest BCUT2D eigenvalue weighted by Gasteiger charge is 2.33. The van der Waals surface area contributed by atoms with E-state index in [0.717, 1.165) is 25.0 Å². The number of halogens is 4. The Bertz CT molecular complexity index is 1280. The van der Waals surface area contributed by atoms with E-state index in [1.165, 1.54) is 36.4 Å². The van der Waals surface area contributed by atoms with E-state index in [2.05, 4.69) is 12.2 Å². The third-order valence-electron chi connectivity index (χ3n) is 6.93. The van der Waals surface area contributed by atoms with E-state index < -0.39 is 35.5 Å². The molecule has 0 bridgehead atoms. The lowest BCUT2D eigenvalue weighted by Gasteiger charge is -2.31. The van der Waals surface area contributed by atoms with Gasteiger partial charge >= 0.3 is 12.1 Å². The quantitative estimate of drug-likeness (QED) is 0.347. The lowest BCUT2D eigenvalue weighted by molar-refractivity contribution is -0.141. The summed E-state index contributed by atoms with van der Waals surface area (Å²) >= 11 is 0. The van der Waals surface area contributed by atoms with E-state index in [1.54, 1.807) is 6.07 Å². The third-order valence-corrected chi connectivity index (χ3v) is 6.93. The first-order valence-electron chi connectivity index (χ1n) is 12.1. The maximum Gasteiger partial charge on any atom is 0.416 e. The van der Waals surface area contributed by atoms with Crippen LogP contribution < -0.4 is 10.1 Å². The summed E-state index contributed by atoms with van der Waals surface area (Å²) in [5.74, 6) is -2.07. The van der Waals surface area contributed by atoms with Crippen LogP contribution in [0, 0.1) is 17.7 Å². The van der Waals surface area contributed by atoms with Crippen molar-refractivity contribution in [3.8, 4) is 5.75 Å². The van der Waals surface area contributed by atoms with Crippen LogP contribution in [0.15, 0.2) is 54.6 Å². The number of amides is 1. The van der Waals surface area contributed by atoms with Gasteiger partial charge in [0.2, 0.25) is 0 Å². The maximum atomic E-state index is 14.1. The first-order chi connectivity index (χ1) is 17.5. The molecule has 2 N–H and O–H groups in total. The summed E-state index contributed by atoms with van der Waals surface area (Å²) in [5.41, 5.74) is -0.381. The second-order valence-electron chi connectivity index (χ2n) is 9.60. The Morgan fingerprint density at radius 3 is 2.30 bits per heavy atom. The Morgan fingerprint density at radius 2 is 1.68 bits per heavy atom. The molecule has 0 saturated heterocycles. The fourth-order valence-electron chi connectivity index (χ4n) is 4.76. The van der Waals surface area contributed by atoms with Crippen LogP contribution in [0.4, 0.5) is 17.6 Å². The van der Waals surface area contributed by atoms with Crippen LogP contribution in [0.1, 0.15) is 54.1 Å². The fourth-order valence-corrected chi connectivity index (χ4v) is 4.76. The minimum absolute atomic E-state index is 0.0143. The molecule has 1 fully saturated rings. The number of carboxylic acid groups (broad SMARTS) is 1. The van der Waals surface area contributed by atoms with Gasteiger partial charge in [-0.1, -0.05) is 44.0 Å². The second kappa shape index (κ2) is 10.8. The van der Waals surface area contributed by atoms with Crippen LogP contribution in [0.2, 0.25) is 0 Å². The van der Waals surface area contributed by atoms with Crippen LogP contribution >= 0.6 is 0 Å². The van der Waals surface area contributed by atoms with Crippen molar-refractivity contribution in [1.29, 1.82) is 0 Å². The molecule has 0 aliphatic heterocycles. The third kappa shape index (κ3) is 6.21. The van der Waals surface area contributed by atoms with Crippen molar-refractivity contribution in [2.45, 2.75) is 51.4 Å². The number of hydrogen-bond acceptors (Lipinski definition) is 3. The minimum atomic E-state index is -4.48. The van der Waals surface area contributed by atoms with Crippen LogP contribution in [-0.4, -0.2) is 23.0 Å². The molecule has 0 aromatic heterocycles. The van der Waals surface area contributed by atoms with E-state index >= 15 is 0 Å². The summed E-state index contributed by atoms with van der Waals surface area (Å²) in [6.45, 7) is 1.93. The number of benzene rings is 3. The smallest absolute Gasteiger partial charge is 0.416 e. The summed E-state index contributed by atoms with van der Waals surface area (Å²) in [6, 6.07) is 10.3. The molecule has 3 aromatic carbocycles. The van der Waals surface area contributed by atoms with Crippen LogP contribution in [0.3, 0.4) is 0 Å². The van der Waals surface area contributed by atoms with Gasteiger partial charge in [0.05, 0.1) is 11.1 Å². The highest BCUT2D eigenvalue weighted by molar-refractivity contribution is 6.05. The van der Waals surface area contributed by atoms with Crippen molar-refractivity contribution in [1.82, 2.24) is 5.32 Å². The average Bonchev–Trinajstić information content (AvgIpc) is 2.85. The largest absolute Gasteiger partial charge is 0.487 e. The Balaban J connectivity index is 1.62. The lowest BCUT2D eigenvalue weighted by Crippen LogP contribution is -2.47. The lowest BCUT2D eigenvalue weighted by atomic mass is 9.79. The Labute approximate surface area is 211 Å². The molecule has 0 radical (unpaired) electrons. The van der Waals surface area contributed by atoms with Gasteiger partial charge in [0.25, 0.3) is 5.91 Å². The van der Waals surface area contributed by atoms with E-state index in [1.807, 2.05) is 0 Å². The van der Waals surface area contributed by atoms with Gasteiger partial charge in [-0.25, -0.2) is 9.18 Å². The zero-order valence-electron chi connectivity index (χ0n) is 20.1. The zero-order valence-corrected chi connectivity index (χ0v) is 20.1. The van der Waals surface area contributed by atoms with E-state index in [4.69, 9.17) is 4.74 Å². The summed E-state index contributed by atoms with van der Waals surface area (Å²) in [7, 11) is 0. The molecular weight excluding hydrogens is 490 g/mol. The topological polar surface area (TPSA) is 75.6 Å². The number of hydrogen-bond donors (Lipinski definition) is 2. The molecule has 1 unspecified atom stereocenters. The fraction of sp³-hybridized carbons (Fsp3) is 0.357. The predicted octanol–water partition coefficient (Wildman–Crippen LogP) is 6.59. The van der Waals surface area contributed by atoms with Crippen LogP contribution in [0.25, 0.3) is 10.8 Å². The van der Waals surface area contributed by atoms with Gasteiger partial charge in [-0.3, -0.25) is 4.79 Å². The van der Waals surface area contributed by atoms with Crippen LogP contribution in [0.5, 0.6) is 5.75 Å². The Morgan fingerprint density at radius 1 is 1.03 bits per heavy atom. The normalized spacial score (nSPS) is 18.8. The van der Waals surface area contributed by atoms with E-state index in [9.17, 15) is 32.3 Å².